The van der Waals surface area contributed by atoms with E-state index in [-0.39, 0.29) is 12.2 Å². The zero-order valence-electron chi connectivity index (χ0n) is 19.7. The van der Waals surface area contributed by atoms with Gasteiger partial charge in [0.05, 0.1) is 6.61 Å². The highest BCUT2D eigenvalue weighted by atomic mass is 16.6. The van der Waals surface area contributed by atoms with Crippen LogP contribution in [-0.4, -0.2) is 49.5 Å². The number of hydrogen-bond acceptors (Lipinski definition) is 6. The molecule has 1 amide bonds. The van der Waals surface area contributed by atoms with E-state index in [0.29, 0.717) is 18.9 Å². The number of ether oxygens (including phenoxy) is 3. The number of nitrogens with one attached hydrogen (secondary N) is 1. The van der Waals surface area contributed by atoms with E-state index in [0.717, 1.165) is 37.7 Å². The van der Waals surface area contributed by atoms with Gasteiger partial charge in [-0.3, -0.25) is 9.80 Å². The van der Waals surface area contributed by atoms with Crippen molar-refractivity contribution in [3.05, 3.63) is 29.8 Å². The minimum absolute atomic E-state index is 0.204. The fraction of sp³-hybridized carbons (Fsp3) is 0.652. The van der Waals surface area contributed by atoms with Crippen molar-refractivity contribution in [3.63, 3.8) is 0 Å². The number of carbonyl (C=O) groups excluding carboxylic acids is 2. The van der Waals surface area contributed by atoms with Gasteiger partial charge in [0, 0.05) is 13.7 Å². The maximum atomic E-state index is 11.9. The van der Waals surface area contributed by atoms with Gasteiger partial charge in [-0.25, -0.2) is 10.2 Å². The Balaban J connectivity index is 0.00000407. The van der Waals surface area contributed by atoms with Gasteiger partial charge in [0.15, 0.2) is 5.60 Å². The fourth-order valence-corrected chi connectivity index (χ4v) is 2.67. The van der Waals surface area contributed by atoms with Crippen molar-refractivity contribution in [2.75, 3.05) is 20.3 Å². The molecule has 0 heterocycles. The lowest BCUT2D eigenvalue weighted by Crippen LogP contribution is -2.45. The summed E-state index contributed by atoms with van der Waals surface area (Å²) in [5, 5.41) is 1.52. The Morgan fingerprint density at radius 2 is 1.83 bits per heavy atom. The summed E-state index contributed by atoms with van der Waals surface area (Å²) in [5.41, 5.74) is 3.21. The normalized spacial score (nSPS) is 11.7. The molecule has 0 aliphatic rings. The number of nitrogens with zero attached hydrogens (tertiary/aromatic N) is 1. The summed E-state index contributed by atoms with van der Waals surface area (Å²) in [7, 11) is 1.63. The first-order valence-electron chi connectivity index (χ1n) is 10.8. The quantitative estimate of drug-likeness (QED) is 0.210. The van der Waals surface area contributed by atoms with Crippen LogP contribution in [0.4, 0.5) is 0 Å². The molecule has 7 heteroatoms. The molecule has 1 aromatic carbocycles. The van der Waals surface area contributed by atoms with Crippen molar-refractivity contribution in [2.24, 2.45) is 0 Å². The molecule has 0 bridgehead atoms. The summed E-state index contributed by atoms with van der Waals surface area (Å²) in [4.78, 5) is 22.9. The SMILES string of the molecule is CC.CCCN(C=O)NC(CCCc1ccc(OC(C)(C)C(=O)OCC)cc1)OC. The van der Waals surface area contributed by atoms with E-state index in [4.69, 9.17) is 14.2 Å². The number of methoxy groups -OCH3 is 1. The summed E-state index contributed by atoms with van der Waals surface area (Å²) in [6, 6.07) is 7.69. The summed E-state index contributed by atoms with van der Waals surface area (Å²) >= 11 is 0. The summed E-state index contributed by atoms with van der Waals surface area (Å²) < 4.78 is 16.2. The maximum absolute atomic E-state index is 11.9. The molecular weight excluding hydrogens is 384 g/mol. The minimum atomic E-state index is -1.03. The molecule has 1 aromatic rings. The van der Waals surface area contributed by atoms with E-state index in [1.165, 1.54) is 5.01 Å². The van der Waals surface area contributed by atoms with Gasteiger partial charge in [0.25, 0.3) is 0 Å². The lowest BCUT2D eigenvalue weighted by atomic mass is 10.1. The molecule has 0 aliphatic heterocycles. The number of rotatable bonds is 14. The zero-order valence-corrected chi connectivity index (χ0v) is 19.7. The Kier molecular flexibility index (Phi) is 14.6. The van der Waals surface area contributed by atoms with Gasteiger partial charge in [-0.05, 0) is 64.2 Å². The third-order valence-corrected chi connectivity index (χ3v) is 4.18. The average molecular weight is 425 g/mol. The van der Waals surface area contributed by atoms with Crippen LogP contribution in [0.5, 0.6) is 5.75 Å². The Morgan fingerprint density at radius 3 is 2.33 bits per heavy atom. The van der Waals surface area contributed by atoms with Crippen LogP contribution in [-0.2, 0) is 25.5 Å². The van der Waals surface area contributed by atoms with E-state index in [2.05, 4.69) is 5.43 Å². The minimum Gasteiger partial charge on any atom is -0.476 e. The second kappa shape index (κ2) is 15.7. The zero-order chi connectivity index (χ0) is 23.0. The Bertz CT molecular complexity index is 590. The third kappa shape index (κ3) is 10.6. The summed E-state index contributed by atoms with van der Waals surface area (Å²) in [6.45, 7) is 12.1. The Labute approximate surface area is 182 Å². The van der Waals surface area contributed by atoms with Crippen molar-refractivity contribution < 1.29 is 23.8 Å². The smallest absolute Gasteiger partial charge is 0.349 e. The van der Waals surface area contributed by atoms with Crippen molar-refractivity contribution in [2.45, 2.75) is 79.1 Å². The number of aryl methyl sites for hydroxylation is 1. The van der Waals surface area contributed by atoms with Gasteiger partial charge in [0.1, 0.15) is 12.0 Å². The van der Waals surface area contributed by atoms with Crippen LogP contribution >= 0.6 is 0 Å². The van der Waals surface area contributed by atoms with Crippen molar-refractivity contribution in [1.82, 2.24) is 10.4 Å². The second-order valence-electron chi connectivity index (χ2n) is 7.02. The first-order chi connectivity index (χ1) is 14.4. The molecule has 172 valence electrons. The highest BCUT2D eigenvalue weighted by Crippen LogP contribution is 2.21. The molecule has 0 radical (unpaired) electrons. The number of benzene rings is 1. The Morgan fingerprint density at radius 1 is 1.20 bits per heavy atom. The molecule has 1 unspecified atom stereocenters. The highest BCUT2D eigenvalue weighted by molar-refractivity contribution is 5.79. The molecule has 0 fully saturated rings. The number of carbonyl (C=O) groups is 2. The highest BCUT2D eigenvalue weighted by Gasteiger charge is 2.31. The van der Waals surface area contributed by atoms with Gasteiger partial charge in [-0.2, -0.15) is 0 Å². The largest absolute Gasteiger partial charge is 0.476 e. The molecule has 1 N–H and O–H groups in total. The van der Waals surface area contributed by atoms with Gasteiger partial charge < -0.3 is 14.2 Å². The van der Waals surface area contributed by atoms with E-state index in [1.807, 2.05) is 45.0 Å². The third-order valence-electron chi connectivity index (χ3n) is 4.18. The van der Waals surface area contributed by atoms with E-state index in [1.54, 1.807) is 27.9 Å². The summed E-state index contributed by atoms with van der Waals surface area (Å²) in [6.07, 6.45) is 4.01. The van der Waals surface area contributed by atoms with E-state index in [9.17, 15) is 9.59 Å². The van der Waals surface area contributed by atoms with Gasteiger partial charge in [-0.1, -0.05) is 32.9 Å². The molecule has 0 saturated carbocycles. The van der Waals surface area contributed by atoms with Crippen LogP contribution in [0.15, 0.2) is 24.3 Å². The molecule has 0 spiro atoms. The van der Waals surface area contributed by atoms with E-state index >= 15 is 0 Å². The van der Waals surface area contributed by atoms with Crippen LogP contribution < -0.4 is 10.2 Å². The number of hydrazine groups is 1. The van der Waals surface area contributed by atoms with Crippen LogP contribution in [0.3, 0.4) is 0 Å². The van der Waals surface area contributed by atoms with Crippen LogP contribution in [0, 0.1) is 0 Å². The molecule has 7 nitrogen and oxygen atoms in total. The van der Waals surface area contributed by atoms with Crippen molar-refractivity contribution in [3.8, 4) is 5.75 Å². The van der Waals surface area contributed by atoms with E-state index < -0.39 is 5.60 Å². The first-order valence-corrected chi connectivity index (χ1v) is 10.8. The standard InChI is InChI=1S/C21H34N2O5.C2H6/c1-6-15-23(16-24)22-19(26-5)10-8-9-17-11-13-18(14-12-17)28-21(3,4)20(25)27-7-2;1-2/h11-14,16,19,22H,6-10,15H2,1-5H3;1-2H3. The average Bonchev–Trinajstić information content (AvgIpc) is 2.75. The number of esters is 1. The van der Waals surface area contributed by atoms with Crippen LogP contribution in [0.2, 0.25) is 0 Å². The fourth-order valence-electron chi connectivity index (χ4n) is 2.67. The molecule has 1 atom stereocenters. The monoisotopic (exact) mass is 424 g/mol. The number of amides is 1. The molecular formula is C23H40N2O5. The molecule has 0 aliphatic carbocycles. The first kappa shape index (κ1) is 27.9. The second-order valence-corrected chi connectivity index (χ2v) is 7.02. The molecule has 0 saturated heterocycles. The lowest BCUT2D eigenvalue weighted by molar-refractivity contribution is -0.158. The van der Waals surface area contributed by atoms with Crippen LogP contribution in [0.25, 0.3) is 0 Å². The predicted molar refractivity (Wildman–Crippen MR) is 119 cm³/mol. The predicted octanol–water partition coefficient (Wildman–Crippen LogP) is 4.10. The number of hydrogen-bond donors (Lipinski definition) is 1. The topological polar surface area (TPSA) is 77.1 Å². The van der Waals surface area contributed by atoms with Crippen LogP contribution in [0.1, 0.15) is 66.4 Å². The van der Waals surface area contributed by atoms with Crippen molar-refractivity contribution >= 4 is 12.4 Å². The Hall–Kier alpha value is -2.12. The molecule has 1 rings (SSSR count). The maximum Gasteiger partial charge on any atom is 0.349 e. The molecule has 30 heavy (non-hydrogen) atoms. The molecule has 0 aromatic heterocycles. The van der Waals surface area contributed by atoms with Crippen molar-refractivity contribution in [1.29, 1.82) is 0 Å². The lowest BCUT2D eigenvalue weighted by Gasteiger charge is -2.25. The van der Waals surface area contributed by atoms with Gasteiger partial charge >= 0.3 is 5.97 Å². The van der Waals surface area contributed by atoms with Gasteiger partial charge in [0.2, 0.25) is 6.41 Å². The van der Waals surface area contributed by atoms with Gasteiger partial charge in [-0.15, -0.1) is 0 Å². The summed E-state index contributed by atoms with van der Waals surface area (Å²) in [5.74, 6) is 0.240.